The maximum Gasteiger partial charge on any atom is 0.0650 e. The molecule has 0 bridgehead atoms. The van der Waals surface area contributed by atoms with E-state index < -0.39 is 0 Å². The van der Waals surface area contributed by atoms with E-state index in [0.29, 0.717) is 14.6 Å². The second kappa shape index (κ2) is 6.68. The van der Waals surface area contributed by atoms with Crippen LogP contribution >= 0.6 is 17.4 Å². The van der Waals surface area contributed by atoms with E-state index in [1.165, 1.54) is 0 Å². The van der Waals surface area contributed by atoms with Crippen LogP contribution in [0.2, 0.25) is 0 Å². The lowest BCUT2D eigenvalue weighted by molar-refractivity contribution is 0.236. The molecule has 0 saturated heterocycles. The second-order valence-electron chi connectivity index (χ2n) is 1.79. The van der Waals surface area contributed by atoms with Gasteiger partial charge in [-0.15, -0.1) is 6.58 Å². The molecule has 0 rings (SSSR count). The van der Waals surface area contributed by atoms with E-state index in [0.717, 1.165) is 12.8 Å². The summed E-state index contributed by atoms with van der Waals surface area (Å²) >= 11 is 0. The standard InChI is InChI=1S/C6H14OP2/c1-3-5-6(4-2)7-9-8/h3,6,9H,1,4-5,8H2,2H3. The van der Waals surface area contributed by atoms with Crippen LogP contribution in [0, 0.1) is 0 Å². The zero-order chi connectivity index (χ0) is 7.11. The molecule has 0 radical (unpaired) electrons. The van der Waals surface area contributed by atoms with Crippen LogP contribution in [-0.4, -0.2) is 6.10 Å². The SMILES string of the molecule is C=CCC(CC)OPP. The van der Waals surface area contributed by atoms with Gasteiger partial charge in [0.05, 0.1) is 6.10 Å². The van der Waals surface area contributed by atoms with Crippen LogP contribution in [0.1, 0.15) is 19.8 Å². The van der Waals surface area contributed by atoms with Crippen LogP contribution in [0.25, 0.3) is 0 Å². The molecule has 9 heavy (non-hydrogen) atoms. The minimum atomic E-state index is 0.387. The molecular formula is C6H14OP2. The van der Waals surface area contributed by atoms with Crippen LogP contribution < -0.4 is 0 Å². The molecule has 3 heteroatoms. The van der Waals surface area contributed by atoms with E-state index in [-0.39, 0.29) is 0 Å². The second-order valence-corrected chi connectivity index (χ2v) is 2.97. The molecule has 0 spiro atoms. The molecule has 0 heterocycles. The quantitative estimate of drug-likeness (QED) is 0.448. The van der Waals surface area contributed by atoms with Crippen molar-refractivity contribution in [1.82, 2.24) is 0 Å². The van der Waals surface area contributed by atoms with E-state index in [9.17, 15) is 0 Å². The molecule has 3 unspecified atom stereocenters. The van der Waals surface area contributed by atoms with E-state index >= 15 is 0 Å². The fourth-order valence-corrected chi connectivity index (χ4v) is 1.61. The molecule has 1 nitrogen and oxygen atoms in total. The third-order valence-corrected chi connectivity index (χ3v) is 2.00. The van der Waals surface area contributed by atoms with Gasteiger partial charge in [-0.2, -0.15) is 0 Å². The van der Waals surface area contributed by atoms with Crippen molar-refractivity contribution in [3.63, 3.8) is 0 Å². The molecule has 0 saturated carbocycles. The highest BCUT2D eigenvalue weighted by Crippen LogP contribution is 2.25. The van der Waals surface area contributed by atoms with Crippen LogP contribution in [0.3, 0.4) is 0 Å². The van der Waals surface area contributed by atoms with Gasteiger partial charge in [0.2, 0.25) is 0 Å². The van der Waals surface area contributed by atoms with E-state index in [1.807, 2.05) is 6.08 Å². The van der Waals surface area contributed by atoms with Crippen LogP contribution in [0.5, 0.6) is 0 Å². The summed E-state index contributed by atoms with van der Waals surface area (Å²) in [4.78, 5) is 0. The molecule has 0 aromatic carbocycles. The van der Waals surface area contributed by atoms with Crippen LogP contribution in [-0.2, 0) is 4.52 Å². The Bertz CT molecular complexity index is 75.5. The summed E-state index contributed by atoms with van der Waals surface area (Å²) in [5.74, 6) is 0. The Morgan fingerprint density at radius 3 is 2.89 bits per heavy atom. The highest BCUT2D eigenvalue weighted by Gasteiger charge is 2.00. The van der Waals surface area contributed by atoms with Crippen molar-refractivity contribution in [2.45, 2.75) is 25.9 Å². The monoisotopic (exact) mass is 164 g/mol. The lowest BCUT2D eigenvalue weighted by Gasteiger charge is -2.10. The zero-order valence-electron chi connectivity index (χ0n) is 5.76. The molecule has 3 atom stereocenters. The lowest BCUT2D eigenvalue weighted by atomic mass is 10.2. The van der Waals surface area contributed by atoms with E-state index in [4.69, 9.17) is 4.52 Å². The fourth-order valence-electron chi connectivity index (χ4n) is 0.580. The van der Waals surface area contributed by atoms with E-state index in [2.05, 4.69) is 22.4 Å². The molecular weight excluding hydrogens is 150 g/mol. The molecule has 0 aliphatic rings. The van der Waals surface area contributed by atoms with Gasteiger partial charge in [-0.25, -0.2) is 0 Å². The van der Waals surface area contributed by atoms with Gasteiger partial charge in [-0.3, -0.25) is 0 Å². The molecule has 0 aromatic rings. The maximum absolute atomic E-state index is 5.35. The predicted molar refractivity (Wildman–Crippen MR) is 48.0 cm³/mol. The summed E-state index contributed by atoms with van der Waals surface area (Å²) in [7, 11) is 3.10. The first-order valence-corrected chi connectivity index (χ1v) is 5.79. The predicted octanol–water partition coefficient (Wildman–Crippen LogP) is 2.74. The maximum atomic E-state index is 5.35. The van der Waals surface area contributed by atoms with Gasteiger partial charge in [0.25, 0.3) is 0 Å². The normalized spacial score (nSPS) is 14.4. The molecule has 0 aliphatic heterocycles. The first-order valence-electron chi connectivity index (χ1n) is 3.07. The van der Waals surface area contributed by atoms with Gasteiger partial charge >= 0.3 is 0 Å². The highest BCUT2D eigenvalue weighted by atomic mass is 32.0. The minimum Gasteiger partial charge on any atom is -0.355 e. The summed E-state index contributed by atoms with van der Waals surface area (Å²) in [6.07, 6.45) is 4.34. The average molecular weight is 164 g/mol. The van der Waals surface area contributed by atoms with Crippen molar-refractivity contribution >= 4 is 17.4 Å². The number of hydrogen-bond acceptors (Lipinski definition) is 1. The average Bonchev–Trinajstić information content (AvgIpc) is 1.88. The Labute approximate surface area is 61.2 Å². The van der Waals surface area contributed by atoms with Gasteiger partial charge in [0, 0.05) is 8.50 Å². The summed E-state index contributed by atoms with van der Waals surface area (Å²) < 4.78 is 5.35. The summed E-state index contributed by atoms with van der Waals surface area (Å²) in [6, 6.07) is 0. The first-order chi connectivity index (χ1) is 4.35. The number of hydrogen-bond donors (Lipinski definition) is 0. The molecule has 0 aromatic heterocycles. The van der Waals surface area contributed by atoms with Gasteiger partial charge < -0.3 is 4.52 Å². The Hall–Kier alpha value is 0.560. The molecule has 54 valence electrons. The molecule has 0 N–H and O–H groups in total. The Kier molecular flexibility index (Phi) is 7.09. The lowest BCUT2D eigenvalue weighted by Crippen LogP contribution is -2.03. The van der Waals surface area contributed by atoms with Crippen molar-refractivity contribution in [3.8, 4) is 0 Å². The van der Waals surface area contributed by atoms with Crippen molar-refractivity contribution < 1.29 is 4.52 Å². The Morgan fingerprint density at radius 2 is 2.56 bits per heavy atom. The van der Waals surface area contributed by atoms with Crippen molar-refractivity contribution in [3.05, 3.63) is 12.7 Å². The van der Waals surface area contributed by atoms with Gasteiger partial charge in [0.1, 0.15) is 0 Å². The smallest absolute Gasteiger partial charge is 0.0650 e. The van der Waals surface area contributed by atoms with Gasteiger partial charge in [0.15, 0.2) is 0 Å². The highest BCUT2D eigenvalue weighted by molar-refractivity contribution is 8.00. The van der Waals surface area contributed by atoms with Gasteiger partial charge in [-0.1, -0.05) is 21.9 Å². The van der Waals surface area contributed by atoms with Crippen molar-refractivity contribution in [1.29, 1.82) is 0 Å². The van der Waals surface area contributed by atoms with E-state index in [1.54, 1.807) is 0 Å². The largest absolute Gasteiger partial charge is 0.355 e. The molecule has 0 fully saturated rings. The number of rotatable bonds is 5. The van der Waals surface area contributed by atoms with Crippen LogP contribution in [0.4, 0.5) is 0 Å². The zero-order valence-corrected chi connectivity index (χ0v) is 7.92. The summed E-state index contributed by atoms with van der Waals surface area (Å²) in [5, 5.41) is 0. The third kappa shape index (κ3) is 5.03. The van der Waals surface area contributed by atoms with Crippen LogP contribution in [0.15, 0.2) is 12.7 Å². The Morgan fingerprint density at radius 1 is 1.89 bits per heavy atom. The van der Waals surface area contributed by atoms with Gasteiger partial charge in [-0.05, 0) is 12.8 Å². The summed E-state index contributed by atoms with van der Waals surface area (Å²) in [5.41, 5.74) is 0. The molecule has 0 aliphatic carbocycles. The van der Waals surface area contributed by atoms with Crippen molar-refractivity contribution in [2.24, 2.45) is 0 Å². The molecule has 0 amide bonds. The third-order valence-electron chi connectivity index (χ3n) is 1.12. The van der Waals surface area contributed by atoms with Crippen molar-refractivity contribution in [2.75, 3.05) is 0 Å². The summed E-state index contributed by atoms with van der Waals surface area (Å²) in [6.45, 7) is 5.77. The first kappa shape index (κ1) is 9.56. The fraction of sp³-hybridized carbons (Fsp3) is 0.667. The Balaban J connectivity index is 3.28. The minimum absolute atomic E-state index is 0.387. The topological polar surface area (TPSA) is 9.23 Å².